The van der Waals surface area contributed by atoms with Crippen LogP contribution in [0.25, 0.3) is 6.08 Å². The second kappa shape index (κ2) is 10.5. The van der Waals surface area contributed by atoms with Gasteiger partial charge in [-0.25, -0.2) is 4.79 Å². The third-order valence-electron chi connectivity index (χ3n) is 4.87. The molecule has 0 aromatic heterocycles. The molecule has 1 N–H and O–H groups in total. The lowest BCUT2D eigenvalue weighted by atomic mass is 10.1. The number of hydrogen-bond acceptors (Lipinski definition) is 6. The minimum atomic E-state index is -0.656. The van der Waals surface area contributed by atoms with E-state index in [2.05, 4.69) is 5.32 Å². The first-order chi connectivity index (χ1) is 15.4. The maximum atomic E-state index is 12.8. The number of methoxy groups -OCH3 is 1. The number of anilines is 2. The summed E-state index contributed by atoms with van der Waals surface area (Å²) in [5.74, 6) is -0.0808. The zero-order valence-corrected chi connectivity index (χ0v) is 18.3. The molecule has 0 bridgehead atoms. The monoisotopic (exact) mass is 438 g/mol. The maximum Gasteiger partial charge on any atom is 0.331 e. The molecular weight excluding hydrogens is 412 g/mol. The lowest BCUT2D eigenvalue weighted by Crippen LogP contribution is -2.41. The lowest BCUT2D eigenvalue weighted by Gasteiger charge is -2.27. The number of amides is 2. The number of esters is 1. The Hall–Kier alpha value is -3.81. The highest BCUT2D eigenvalue weighted by Gasteiger charge is 2.29. The van der Waals surface area contributed by atoms with E-state index in [0.717, 1.165) is 0 Å². The van der Waals surface area contributed by atoms with Gasteiger partial charge in [-0.3, -0.25) is 9.59 Å². The van der Waals surface area contributed by atoms with Crippen molar-refractivity contribution >= 4 is 35.2 Å². The lowest BCUT2D eigenvalue weighted by molar-refractivity contribution is -0.143. The van der Waals surface area contributed by atoms with Crippen LogP contribution in [0, 0.1) is 0 Å². The molecule has 168 valence electrons. The van der Waals surface area contributed by atoms with E-state index in [1.807, 2.05) is 6.92 Å². The van der Waals surface area contributed by atoms with Crippen molar-refractivity contribution in [3.05, 3.63) is 54.1 Å². The van der Waals surface area contributed by atoms with Crippen LogP contribution < -0.4 is 19.7 Å². The summed E-state index contributed by atoms with van der Waals surface area (Å²) in [6, 6.07) is 11.9. The molecule has 0 aliphatic carbocycles. The molecule has 0 radical (unpaired) electrons. The van der Waals surface area contributed by atoms with E-state index in [4.69, 9.17) is 14.2 Å². The average Bonchev–Trinajstić information content (AvgIpc) is 2.91. The van der Waals surface area contributed by atoms with Crippen molar-refractivity contribution in [3.63, 3.8) is 0 Å². The number of fused-ring (bicyclic) bond motifs is 1. The van der Waals surface area contributed by atoms with Crippen molar-refractivity contribution in [1.29, 1.82) is 0 Å². The summed E-state index contributed by atoms with van der Waals surface area (Å²) < 4.78 is 15.9. The standard InChI is InChI=1S/C24H26N2O6/c1-4-31-20-11-9-17(14-21(20)30-3)10-12-24(29)32-15-23(28)26-16(2)13-22(27)25-18-7-5-6-8-19(18)26/h5-12,14,16H,4,13,15H2,1-3H3,(H,25,27)/b12-10+. The van der Waals surface area contributed by atoms with Gasteiger partial charge in [0.1, 0.15) is 0 Å². The number of hydrogen-bond donors (Lipinski definition) is 1. The molecular formula is C24H26N2O6. The van der Waals surface area contributed by atoms with Crippen LogP contribution >= 0.6 is 0 Å². The third kappa shape index (κ3) is 5.46. The molecule has 2 aromatic carbocycles. The molecule has 0 spiro atoms. The van der Waals surface area contributed by atoms with Gasteiger partial charge < -0.3 is 24.4 Å². The summed E-state index contributed by atoms with van der Waals surface area (Å²) in [5, 5.41) is 2.79. The fourth-order valence-corrected chi connectivity index (χ4v) is 3.45. The number of para-hydroxylation sites is 2. The molecule has 8 nitrogen and oxygen atoms in total. The second-order valence-corrected chi connectivity index (χ2v) is 7.17. The summed E-state index contributed by atoms with van der Waals surface area (Å²) in [7, 11) is 1.54. The first-order valence-corrected chi connectivity index (χ1v) is 10.3. The molecule has 2 aromatic rings. The number of ether oxygens (including phenoxy) is 3. The topological polar surface area (TPSA) is 94.2 Å². The predicted octanol–water partition coefficient (Wildman–Crippen LogP) is 3.41. The molecule has 0 saturated carbocycles. The van der Waals surface area contributed by atoms with Gasteiger partial charge in [0, 0.05) is 18.5 Å². The van der Waals surface area contributed by atoms with Crippen molar-refractivity contribution in [2.24, 2.45) is 0 Å². The quantitative estimate of drug-likeness (QED) is 0.526. The first-order valence-electron chi connectivity index (χ1n) is 10.3. The van der Waals surface area contributed by atoms with E-state index in [0.29, 0.717) is 35.0 Å². The van der Waals surface area contributed by atoms with Crippen LogP contribution in [0.1, 0.15) is 25.8 Å². The number of carbonyl (C=O) groups is 3. The van der Waals surface area contributed by atoms with Crippen LogP contribution in [-0.2, 0) is 19.1 Å². The smallest absolute Gasteiger partial charge is 0.331 e. The van der Waals surface area contributed by atoms with Crippen LogP contribution in [0.2, 0.25) is 0 Å². The van der Waals surface area contributed by atoms with E-state index in [-0.39, 0.29) is 18.4 Å². The number of benzene rings is 2. The highest BCUT2D eigenvalue weighted by Crippen LogP contribution is 2.31. The predicted molar refractivity (Wildman–Crippen MR) is 121 cm³/mol. The molecule has 1 atom stereocenters. The van der Waals surface area contributed by atoms with E-state index in [1.165, 1.54) is 18.1 Å². The maximum absolute atomic E-state index is 12.8. The van der Waals surface area contributed by atoms with E-state index >= 15 is 0 Å². The zero-order chi connectivity index (χ0) is 23.1. The van der Waals surface area contributed by atoms with Gasteiger partial charge in [-0.05, 0) is 49.8 Å². The van der Waals surface area contributed by atoms with Gasteiger partial charge in [0.2, 0.25) is 5.91 Å². The molecule has 32 heavy (non-hydrogen) atoms. The molecule has 1 unspecified atom stereocenters. The Kier molecular flexibility index (Phi) is 7.49. The van der Waals surface area contributed by atoms with Crippen LogP contribution in [-0.4, -0.2) is 44.1 Å². The summed E-state index contributed by atoms with van der Waals surface area (Å²) >= 11 is 0. The molecule has 3 rings (SSSR count). The largest absolute Gasteiger partial charge is 0.493 e. The van der Waals surface area contributed by atoms with Crippen LogP contribution in [0.5, 0.6) is 11.5 Å². The summed E-state index contributed by atoms with van der Waals surface area (Å²) in [6.07, 6.45) is 2.96. The third-order valence-corrected chi connectivity index (χ3v) is 4.87. The Morgan fingerprint density at radius 2 is 1.97 bits per heavy atom. The highest BCUT2D eigenvalue weighted by atomic mass is 16.5. The zero-order valence-electron chi connectivity index (χ0n) is 18.3. The molecule has 1 aliphatic rings. The number of nitrogens with one attached hydrogen (secondary N) is 1. The van der Waals surface area contributed by atoms with Gasteiger partial charge in [-0.1, -0.05) is 18.2 Å². The molecule has 1 aliphatic heterocycles. The van der Waals surface area contributed by atoms with E-state index in [1.54, 1.807) is 55.5 Å². The van der Waals surface area contributed by atoms with Gasteiger partial charge in [-0.2, -0.15) is 0 Å². The van der Waals surface area contributed by atoms with Crippen molar-refractivity contribution < 1.29 is 28.6 Å². The van der Waals surface area contributed by atoms with Crippen LogP contribution in [0.4, 0.5) is 11.4 Å². The van der Waals surface area contributed by atoms with Crippen molar-refractivity contribution in [3.8, 4) is 11.5 Å². The fraction of sp³-hybridized carbons (Fsp3) is 0.292. The van der Waals surface area contributed by atoms with Crippen LogP contribution in [0.3, 0.4) is 0 Å². The number of carbonyl (C=O) groups excluding carboxylic acids is 3. The number of nitrogens with zero attached hydrogens (tertiary/aromatic N) is 1. The van der Waals surface area contributed by atoms with Gasteiger partial charge in [0.25, 0.3) is 5.91 Å². The summed E-state index contributed by atoms with van der Waals surface area (Å²) in [4.78, 5) is 38.6. The molecule has 2 amide bonds. The Morgan fingerprint density at radius 1 is 1.19 bits per heavy atom. The van der Waals surface area contributed by atoms with Crippen LogP contribution in [0.15, 0.2) is 48.5 Å². The van der Waals surface area contributed by atoms with E-state index in [9.17, 15) is 14.4 Å². The molecule has 0 saturated heterocycles. The molecule has 0 fully saturated rings. The Labute approximate surface area is 186 Å². The number of rotatable bonds is 7. The summed E-state index contributed by atoms with van der Waals surface area (Å²) in [6.45, 7) is 3.73. The van der Waals surface area contributed by atoms with Gasteiger partial charge in [-0.15, -0.1) is 0 Å². The minimum Gasteiger partial charge on any atom is -0.493 e. The Morgan fingerprint density at radius 3 is 2.72 bits per heavy atom. The van der Waals surface area contributed by atoms with E-state index < -0.39 is 18.5 Å². The van der Waals surface area contributed by atoms with Gasteiger partial charge in [0.05, 0.1) is 25.1 Å². The normalized spacial score (nSPS) is 15.5. The summed E-state index contributed by atoms with van der Waals surface area (Å²) in [5.41, 5.74) is 1.84. The fourth-order valence-electron chi connectivity index (χ4n) is 3.45. The molecule has 8 heteroatoms. The van der Waals surface area contributed by atoms with Crippen molar-refractivity contribution in [2.75, 3.05) is 30.5 Å². The molecule has 1 heterocycles. The average molecular weight is 438 g/mol. The Bertz CT molecular complexity index is 1030. The minimum absolute atomic E-state index is 0.147. The van der Waals surface area contributed by atoms with Gasteiger partial charge in [0.15, 0.2) is 18.1 Å². The SMILES string of the molecule is CCOc1ccc(/C=C/C(=O)OCC(=O)N2c3ccccc3NC(=O)CC2C)cc1OC. The van der Waals surface area contributed by atoms with Crippen molar-refractivity contribution in [1.82, 2.24) is 0 Å². The van der Waals surface area contributed by atoms with Gasteiger partial charge >= 0.3 is 5.97 Å². The Balaban J connectivity index is 1.65. The highest BCUT2D eigenvalue weighted by molar-refractivity contribution is 6.05. The first kappa shape index (κ1) is 22.9. The van der Waals surface area contributed by atoms with Crippen molar-refractivity contribution in [2.45, 2.75) is 26.3 Å². The second-order valence-electron chi connectivity index (χ2n) is 7.17.